The van der Waals surface area contributed by atoms with Crippen molar-refractivity contribution in [3.63, 3.8) is 0 Å². The molecule has 1 saturated heterocycles. The molecule has 1 aliphatic rings. The lowest BCUT2D eigenvalue weighted by molar-refractivity contribution is -0.139. The Morgan fingerprint density at radius 2 is 1.71 bits per heavy atom. The Balaban J connectivity index is 1.44. The Bertz CT molecular complexity index is 1180. The third-order valence-corrected chi connectivity index (χ3v) is 7.22. The van der Waals surface area contributed by atoms with Crippen LogP contribution < -0.4 is 5.32 Å². The van der Waals surface area contributed by atoms with Gasteiger partial charge in [0.15, 0.2) is 0 Å². The Morgan fingerprint density at radius 3 is 2.39 bits per heavy atom. The second kappa shape index (κ2) is 7.97. The largest absolute Gasteiger partial charge is 0.417 e. The number of alkyl halides is 3. The van der Waals surface area contributed by atoms with E-state index in [1.807, 2.05) is 18.2 Å². The topological polar surface area (TPSA) is 95.2 Å². The number of hydrogen-bond donors (Lipinski definition) is 2. The molecule has 7 nitrogen and oxygen atoms in total. The summed E-state index contributed by atoms with van der Waals surface area (Å²) in [5.41, 5.74) is 0.267. The third-order valence-electron chi connectivity index (χ3n) is 5.27. The minimum atomic E-state index is -4.78. The van der Waals surface area contributed by atoms with E-state index >= 15 is 0 Å². The van der Waals surface area contributed by atoms with Crippen LogP contribution in [0.25, 0.3) is 11.0 Å². The number of aromatic nitrogens is 2. The zero-order valence-electron chi connectivity index (χ0n) is 16.2. The number of para-hydroxylation sites is 2. The van der Waals surface area contributed by atoms with E-state index in [2.05, 4.69) is 15.3 Å². The van der Waals surface area contributed by atoms with Crippen LogP contribution in [0.2, 0.25) is 0 Å². The van der Waals surface area contributed by atoms with E-state index in [9.17, 15) is 26.4 Å². The zero-order chi connectivity index (χ0) is 22.2. The van der Waals surface area contributed by atoms with E-state index in [4.69, 9.17) is 0 Å². The lowest BCUT2D eigenvalue weighted by Crippen LogP contribution is -2.42. The van der Waals surface area contributed by atoms with E-state index in [0.29, 0.717) is 11.5 Å². The van der Waals surface area contributed by atoms with Crippen LogP contribution >= 0.6 is 0 Å². The molecule has 164 valence electrons. The predicted molar refractivity (Wildman–Crippen MR) is 108 cm³/mol. The molecule has 2 heterocycles. The lowest BCUT2D eigenvalue weighted by Gasteiger charge is -2.31. The fourth-order valence-corrected chi connectivity index (χ4v) is 5.34. The smallest absolute Gasteiger partial charge is 0.324 e. The molecule has 0 aliphatic carbocycles. The van der Waals surface area contributed by atoms with E-state index in [1.54, 1.807) is 6.07 Å². The maximum atomic E-state index is 13.3. The predicted octanol–water partition coefficient (Wildman–Crippen LogP) is 3.62. The number of nitrogens with zero attached hydrogens (tertiary/aromatic N) is 2. The Labute approximate surface area is 176 Å². The lowest BCUT2D eigenvalue weighted by atomic mass is 9.97. The van der Waals surface area contributed by atoms with Crippen molar-refractivity contribution in [2.45, 2.75) is 23.9 Å². The van der Waals surface area contributed by atoms with Gasteiger partial charge in [-0.05, 0) is 37.1 Å². The number of anilines is 1. The summed E-state index contributed by atoms with van der Waals surface area (Å²) in [6.07, 6.45) is -4.40. The molecule has 1 aliphatic heterocycles. The molecule has 2 aromatic carbocycles. The highest BCUT2D eigenvalue weighted by Gasteiger charge is 2.40. The van der Waals surface area contributed by atoms with Crippen molar-refractivity contribution in [3.8, 4) is 0 Å². The van der Waals surface area contributed by atoms with Crippen molar-refractivity contribution in [2.24, 2.45) is 5.92 Å². The average Bonchev–Trinajstić information content (AvgIpc) is 3.15. The standard InChI is InChI=1S/C20H19F3N4O3S/c21-20(22,23)14-5-1-4-8-17(14)31(29,30)27-11-9-13(10-12-27)18(28)26-19-24-15-6-2-3-7-16(15)25-19/h1-8,13H,9-12H2,(H2,24,25,26,28). The molecule has 31 heavy (non-hydrogen) atoms. The van der Waals surface area contributed by atoms with Gasteiger partial charge >= 0.3 is 6.18 Å². The first-order valence-corrected chi connectivity index (χ1v) is 11.0. The van der Waals surface area contributed by atoms with Gasteiger partial charge in [0.1, 0.15) is 0 Å². The van der Waals surface area contributed by atoms with Crippen LogP contribution in [0.5, 0.6) is 0 Å². The molecule has 3 aromatic rings. The van der Waals surface area contributed by atoms with Gasteiger partial charge in [0.05, 0.1) is 21.5 Å². The zero-order valence-corrected chi connectivity index (χ0v) is 17.0. The minimum absolute atomic E-state index is 0.0489. The van der Waals surface area contributed by atoms with Crippen molar-refractivity contribution >= 4 is 32.9 Å². The number of hydrogen-bond acceptors (Lipinski definition) is 4. The second-order valence-electron chi connectivity index (χ2n) is 7.26. The Hall–Kier alpha value is -2.92. The number of fused-ring (bicyclic) bond motifs is 1. The first-order chi connectivity index (χ1) is 14.7. The number of carbonyl (C=O) groups is 1. The van der Waals surface area contributed by atoms with E-state index in [0.717, 1.165) is 28.0 Å². The summed E-state index contributed by atoms with van der Waals surface area (Å²) >= 11 is 0. The molecule has 0 atom stereocenters. The van der Waals surface area contributed by atoms with Gasteiger partial charge in [0, 0.05) is 19.0 Å². The molecule has 4 rings (SSSR count). The van der Waals surface area contributed by atoms with Gasteiger partial charge in [0.2, 0.25) is 21.9 Å². The highest BCUT2D eigenvalue weighted by molar-refractivity contribution is 7.89. The van der Waals surface area contributed by atoms with Crippen LogP contribution in [-0.2, 0) is 21.0 Å². The van der Waals surface area contributed by atoms with Gasteiger partial charge in [-0.2, -0.15) is 17.5 Å². The molecular formula is C20H19F3N4O3S. The van der Waals surface area contributed by atoms with Crippen LogP contribution in [0.4, 0.5) is 19.1 Å². The van der Waals surface area contributed by atoms with Gasteiger partial charge in [0.25, 0.3) is 0 Å². The molecule has 0 unspecified atom stereocenters. The Morgan fingerprint density at radius 1 is 1.06 bits per heavy atom. The molecular weight excluding hydrogens is 433 g/mol. The highest BCUT2D eigenvalue weighted by Crippen LogP contribution is 2.36. The molecule has 0 saturated carbocycles. The van der Waals surface area contributed by atoms with Crippen molar-refractivity contribution < 1.29 is 26.4 Å². The number of halogens is 3. The molecule has 1 fully saturated rings. The van der Waals surface area contributed by atoms with Crippen molar-refractivity contribution in [3.05, 3.63) is 54.1 Å². The molecule has 1 aromatic heterocycles. The van der Waals surface area contributed by atoms with Crippen molar-refractivity contribution in [1.82, 2.24) is 14.3 Å². The number of piperidine rings is 1. The van der Waals surface area contributed by atoms with Crippen LogP contribution in [0.1, 0.15) is 18.4 Å². The minimum Gasteiger partial charge on any atom is -0.324 e. The number of amides is 1. The average molecular weight is 452 g/mol. The summed E-state index contributed by atoms with van der Waals surface area (Å²) in [5, 5.41) is 2.69. The van der Waals surface area contributed by atoms with Crippen LogP contribution in [-0.4, -0.2) is 41.7 Å². The summed E-state index contributed by atoms with van der Waals surface area (Å²) in [7, 11) is -4.34. The molecule has 11 heteroatoms. The van der Waals surface area contributed by atoms with E-state index < -0.39 is 32.6 Å². The molecule has 0 radical (unpaired) electrons. The van der Waals surface area contributed by atoms with Gasteiger partial charge in [-0.3, -0.25) is 10.1 Å². The van der Waals surface area contributed by atoms with Gasteiger partial charge < -0.3 is 4.98 Å². The molecule has 1 amide bonds. The Kier molecular flexibility index (Phi) is 5.48. The summed E-state index contributed by atoms with van der Waals surface area (Å²) in [4.78, 5) is 19.1. The number of benzene rings is 2. The number of nitrogens with one attached hydrogen (secondary N) is 2. The van der Waals surface area contributed by atoms with Crippen LogP contribution in [0.3, 0.4) is 0 Å². The first-order valence-electron chi connectivity index (χ1n) is 9.58. The van der Waals surface area contributed by atoms with E-state index in [-0.39, 0.29) is 31.8 Å². The van der Waals surface area contributed by atoms with E-state index in [1.165, 1.54) is 6.07 Å². The molecule has 0 spiro atoms. The number of aromatic amines is 1. The number of imidazole rings is 1. The SMILES string of the molecule is O=C(Nc1nc2ccccc2[nH]1)C1CCN(S(=O)(=O)c2ccccc2C(F)(F)F)CC1. The number of carbonyl (C=O) groups excluding carboxylic acids is 1. The highest BCUT2D eigenvalue weighted by atomic mass is 32.2. The maximum Gasteiger partial charge on any atom is 0.417 e. The maximum absolute atomic E-state index is 13.3. The normalized spacial score (nSPS) is 16.5. The monoisotopic (exact) mass is 452 g/mol. The summed E-state index contributed by atoms with van der Waals surface area (Å²) in [6, 6.07) is 11.4. The van der Waals surface area contributed by atoms with Crippen LogP contribution in [0, 0.1) is 5.92 Å². The number of H-pyrrole nitrogens is 1. The third kappa shape index (κ3) is 4.28. The van der Waals surface area contributed by atoms with Gasteiger partial charge in [-0.1, -0.05) is 24.3 Å². The number of rotatable bonds is 4. The van der Waals surface area contributed by atoms with Crippen molar-refractivity contribution in [1.29, 1.82) is 0 Å². The fraction of sp³-hybridized carbons (Fsp3) is 0.300. The number of sulfonamides is 1. The fourth-order valence-electron chi connectivity index (χ4n) is 3.65. The van der Waals surface area contributed by atoms with Crippen LogP contribution in [0.15, 0.2) is 53.4 Å². The second-order valence-corrected chi connectivity index (χ2v) is 9.17. The van der Waals surface area contributed by atoms with Crippen molar-refractivity contribution in [2.75, 3.05) is 18.4 Å². The molecule has 2 N–H and O–H groups in total. The summed E-state index contributed by atoms with van der Waals surface area (Å²) in [6.45, 7) is -0.0977. The quantitative estimate of drug-likeness (QED) is 0.632. The summed E-state index contributed by atoms with van der Waals surface area (Å²) < 4.78 is 66.4. The van der Waals surface area contributed by atoms with Gasteiger partial charge in [-0.15, -0.1) is 0 Å². The molecule has 0 bridgehead atoms. The van der Waals surface area contributed by atoms with Gasteiger partial charge in [-0.25, -0.2) is 13.4 Å². The summed E-state index contributed by atoms with van der Waals surface area (Å²) in [5.74, 6) is -0.496. The first kappa shape index (κ1) is 21.3.